The molecule has 0 aromatic heterocycles. The number of rotatable bonds is 11. The first-order chi connectivity index (χ1) is 19.8. The Hall–Kier alpha value is -5.09. The molecule has 4 aromatic carbocycles. The van der Waals surface area contributed by atoms with E-state index in [1.165, 1.54) is 23.9 Å². The highest BCUT2D eigenvalue weighted by Gasteiger charge is 2.24. The first-order valence-electron chi connectivity index (χ1n) is 12.5. The Kier molecular flexibility index (Phi) is 9.39. The zero-order valence-electron chi connectivity index (χ0n) is 21.9. The fourth-order valence-electron chi connectivity index (χ4n) is 3.95. The van der Waals surface area contributed by atoms with Crippen molar-refractivity contribution in [2.75, 3.05) is 17.2 Å². The third-order valence-corrected chi connectivity index (χ3v) is 7.16. The topological polar surface area (TPSA) is 142 Å². The van der Waals surface area contributed by atoms with Crippen LogP contribution < -0.4 is 15.4 Å². The van der Waals surface area contributed by atoms with Gasteiger partial charge in [0.05, 0.1) is 29.0 Å². The molecule has 0 saturated carbocycles. The van der Waals surface area contributed by atoms with Crippen molar-refractivity contribution in [1.82, 2.24) is 0 Å². The van der Waals surface area contributed by atoms with E-state index in [0.29, 0.717) is 23.7 Å². The number of hydrogen-bond acceptors (Lipinski definition) is 6. The van der Waals surface area contributed by atoms with E-state index in [9.17, 15) is 24.3 Å². The molecule has 2 amide bonds. The molecule has 0 saturated heterocycles. The second kappa shape index (κ2) is 13.3. The van der Waals surface area contributed by atoms with Crippen LogP contribution >= 0.6 is 11.8 Å². The predicted octanol–water partition coefficient (Wildman–Crippen LogP) is 6.21. The predicted molar refractivity (Wildman–Crippen MR) is 156 cm³/mol. The van der Waals surface area contributed by atoms with Crippen molar-refractivity contribution in [3.05, 3.63) is 119 Å². The Morgan fingerprint density at radius 1 is 0.780 bits per heavy atom. The number of carbonyl (C=O) groups excluding carboxylic acids is 2. The molecule has 0 aliphatic heterocycles. The van der Waals surface area contributed by atoms with Gasteiger partial charge < -0.3 is 25.6 Å². The lowest BCUT2D eigenvalue weighted by molar-refractivity contribution is -0.115. The smallest absolute Gasteiger partial charge is 0.336 e. The molecule has 208 valence electrons. The molecule has 10 heteroatoms. The Balaban J connectivity index is 1.52. The number of thioether (sulfide) groups is 1. The third-order valence-electron chi connectivity index (χ3n) is 5.89. The van der Waals surface area contributed by atoms with E-state index >= 15 is 0 Å². The number of carbonyl (C=O) groups is 4. The summed E-state index contributed by atoms with van der Waals surface area (Å²) >= 11 is 1.32. The zero-order valence-corrected chi connectivity index (χ0v) is 22.7. The number of amides is 2. The highest BCUT2D eigenvalue weighted by molar-refractivity contribution is 8.00. The van der Waals surface area contributed by atoms with Crippen LogP contribution in [0.5, 0.6) is 5.75 Å². The number of ether oxygens (including phenoxy) is 1. The number of para-hydroxylation sites is 2. The molecule has 0 aliphatic carbocycles. The lowest BCUT2D eigenvalue weighted by atomic mass is 10.0. The van der Waals surface area contributed by atoms with Gasteiger partial charge in [0.1, 0.15) is 11.0 Å². The minimum Gasteiger partial charge on any atom is -0.492 e. The van der Waals surface area contributed by atoms with Gasteiger partial charge in [-0.25, -0.2) is 9.59 Å². The van der Waals surface area contributed by atoms with Crippen LogP contribution in [0, 0.1) is 0 Å². The Labute approximate surface area is 240 Å². The highest BCUT2D eigenvalue weighted by Crippen LogP contribution is 2.37. The highest BCUT2D eigenvalue weighted by atomic mass is 32.2. The number of carboxylic acids is 2. The molecule has 4 aromatic rings. The number of aromatic carboxylic acids is 2. The molecule has 4 N–H and O–H groups in total. The summed E-state index contributed by atoms with van der Waals surface area (Å²) in [7, 11) is 0. The summed E-state index contributed by atoms with van der Waals surface area (Å²) in [6.45, 7) is 2.32. The van der Waals surface area contributed by atoms with E-state index in [4.69, 9.17) is 9.84 Å². The monoisotopic (exact) mass is 570 g/mol. The second-order valence-electron chi connectivity index (χ2n) is 8.68. The largest absolute Gasteiger partial charge is 0.492 e. The van der Waals surface area contributed by atoms with Crippen LogP contribution in [0.1, 0.15) is 48.8 Å². The summed E-state index contributed by atoms with van der Waals surface area (Å²) in [5.74, 6) is -3.08. The molecule has 0 spiro atoms. The van der Waals surface area contributed by atoms with Gasteiger partial charge in [0.2, 0.25) is 5.91 Å². The van der Waals surface area contributed by atoms with Crippen LogP contribution in [0.3, 0.4) is 0 Å². The first-order valence-corrected chi connectivity index (χ1v) is 13.4. The number of nitrogens with one attached hydrogen (secondary N) is 2. The van der Waals surface area contributed by atoms with E-state index < -0.39 is 28.7 Å². The van der Waals surface area contributed by atoms with Crippen molar-refractivity contribution in [1.29, 1.82) is 0 Å². The Morgan fingerprint density at radius 3 is 2.12 bits per heavy atom. The van der Waals surface area contributed by atoms with Gasteiger partial charge in [-0.1, -0.05) is 42.5 Å². The van der Waals surface area contributed by atoms with E-state index in [0.717, 1.165) is 16.5 Å². The maximum Gasteiger partial charge on any atom is 0.336 e. The summed E-state index contributed by atoms with van der Waals surface area (Å²) in [6, 6.07) is 26.6. The molecular formula is C31H26N2O7S. The van der Waals surface area contributed by atoms with Crippen LogP contribution in [0.25, 0.3) is 0 Å². The average molecular weight is 571 g/mol. The van der Waals surface area contributed by atoms with Crippen LogP contribution in [0.2, 0.25) is 0 Å². The Morgan fingerprint density at radius 2 is 1.46 bits per heavy atom. The summed E-state index contributed by atoms with van der Waals surface area (Å²) < 4.78 is 5.64. The van der Waals surface area contributed by atoms with Gasteiger partial charge in [-0.2, -0.15) is 0 Å². The number of benzene rings is 4. The second-order valence-corrected chi connectivity index (χ2v) is 9.85. The first kappa shape index (κ1) is 28.9. The van der Waals surface area contributed by atoms with Crippen LogP contribution in [-0.2, 0) is 4.79 Å². The lowest BCUT2D eigenvalue weighted by Gasteiger charge is -2.19. The molecule has 4 rings (SSSR count). The molecule has 0 radical (unpaired) electrons. The van der Waals surface area contributed by atoms with Crippen molar-refractivity contribution in [3.63, 3.8) is 0 Å². The number of hydrogen-bond donors (Lipinski definition) is 4. The molecular weight excluding hydrogens is 544 g/mol. The SMILES string of the molecule is CCOc1ccccc1NC(=O)C(Sc1ccc(NC(=O)c2ccc(C(=O)O)cc2C(=O)O)cc1)c1ccccc1. The standard InChI is InChI=1S/C31H26N2O7S/c1-2-40-26-11-7-6-10-25(26)33-29(35)27(19-8-4-3-5-9-19)41-22-15-13-21(14-16-22)32-28(34)23-17-12-20(30(36)37)18-24(23)31(38)39/h3-18,27H,2H2,1H3,(H,32,34)(H,33,35)(H,36,37)(H,38,39). The summed E-state index contributed by atoms with van der Waals surface area (Å²) in [5, 5.41) is 23.6. The average Bonchev–Trinajstić information content (AvgIpc) is 2.97. The van der Waals surface area contributed by atoms with Gasteiger partial charge in [-0.3, -0.25) is 9.59 Å². The van der Waals surface area contributed by atoms with Crippen molar-refractivity contribution in [2.45, 2.75) is 17.1 Å². The van der Waals surface area contributed by atoms with E-state index in [-0.39, 0.29) is 17.0 Å². The summed E-state index contributed by atoms with van der Waals surface area (Å²) in [6.07, 6.45) is 0. The van der Waals surface area contributed by atoms with Crippen molar-refractivity contribution in [2.24, 2.45) is 0 Å². The van der Waals surface area contributed by atoms with Gasteiger partial charge in [0, 0.05) is 10.6 Å². The lowest BCUT2D eigenvalue weighted by Crippen LogP contribution is -2.19. The van der Waals surface area contributed by atoms with Crippen molar-refractivity contribution >= 4 is 46.9 Å². The van der Waals surface area contributed by atoms with E-state index in [2.05, 4.69) is 10.6 Å². The zero-order chi connectivity index (χ0) is 29.4. The minimum absolute atomic E-state index is 0.172. The maximum absolute atomic E-state index is 13.5. The number of carboxylic acid groups (broad SMARTS) is 2. The van der Waals surface area contributed by atoms with Gasteiger partial charge in [0.15, 0.2) is 0 Å². The normalized spacial score (nSPS) is 11.2. The van der Waals surface area contributed by atoms with Crippen LogP contribution in [0.4, 0.5) is 11.4 Å². The van der Waals surface area contributed by atoms with Crippen molar-refractivity contribution in [3.8, 4) is 5.75 Å². The third kappa shape index (κ3) is 7.31. The summed E-state index contributed by atoms with van der Waals surface area (Å²) in [4.78, 5) is 49.9. The van der Waals surface area contributed by atoms with Gasteiger partial charge >= 0.3 is 11.9 Å². The minimum atomic E-state index is -1.42. The van der Waals surface area contributed by atoms with Gasteiger partial charge in [0.25, 0.3) is 5.91 Å². The fraction of sp³-hybridized carbons (Fsp3) is 0.0968. The molecule has 1 atom stereocenters. The molecule has 1 unspecified atom stereocenters. The van der Waals surface area contributed by atoms with Crippen molar-refractivity contribution < 1.29 is 34.1 Å². The van der Waals surface area contributed by atoms with E-state index in [1.54, 1.807) is 36.4 Å². The van der Waals surface area contributed by atoms with Crippen LogP contribution in [0.15, 0.2) is 102 Å². The molecule has 9 nitrogen and oxygen atoms in total. The molecule has 0 aliphatic rings. The molecule has 0 heterocycles. The molecule has 0 bridgehead atoms. The Bertz CT molecular complexity index is 1570. The van der Waals surface area contributed by atoms with Gasteiger partial charge in [-0.05, 0) is 67.1 Å². The van der Waals surface area contributed by atoms with Crippen LogP contribution in [-0.4, -0.2) is 40.6 Å². The number of anilines is 2. The quantitative estimate of drug-likeness (QED) is 0.156. The fourth-order valence-corrected chi connectivity index (χ4v) is 4.98. The summed E-state index contributed by atoms with van der Waals surface area (Å²) in [5.41, 5.74) is 0.928. The molecule has 41 heavy (non-hydrogen) atoms. The van der Waals surface area contributed by atoms with E-state index in [1.807, 2.05) is 49.4 Å². The van der Waals surface area contributed by atoms with Gasteiger partial charge in [-0.15, -0.1) is 11.8 Å². The molecule has 0 fully saturated rings. The maximum atomic E-state index is 13.5.